The average Bonchev–Trinajstić information content (AvgIpc) is 2.20. The molecule has 0 radical (unpaired) electrons. The maximum absolute atomic E-state index is 10.9. The Labute approximate surface area is 106 Å². The van der Waals surface area contributed by atoms with E-state index in [0.29, 0.717) is 12.0 Å². The molecular weight excluding hydrogens is 242 g/mol. The fourth-order valence-corrected chi connectivity index (χ4v) is 1.56. The molecule has 0 saturated carbocycles. The summed E-state index contributed by atoms with van der Waals surface area (Å²) in [5.74, 6) is -1.42. The van der Waals surface area contributed by atoms with Crippen LogP contribution < -0.4 is 5.73 Å². The lowest BCUT2D eigenvalue weighted by Gasteiger charge is -2.14. The zero-order chi connectivity index (χ0) is 12.3. The second kappa shape index (κ2) is 6.27. The third-order valence-electron chi connectivity index (χ3n) is 2.33. The Hall–Kier alpha value is -1.52. The molecule has 0 spiro atoms. The Balaban J connectivity index is 0.00000256. The van der Waals surface area contributed by atoms with Gasteiger partial charge in [0, 0.05) is 11.6 Å². The molecule has 0 aliphatic rings. The molecule has 0 aliphatic carbocycles. The second-order valence-electron chi connectivity index (χ2n) is 3.69. The molecule has 17 heavy (non-hydrogen) atoms. The summed E-state index contributed by atoms with van der Waals surface area (Å²) in [6, 6.07) is 2.67. The minimum Gasteiger partial charge on any atom is -0.507 e. The number of carboxylic acid groups (broad SMARTS) is 1. The van der Waals surface area contributed by atoms with Gasteiger partial charge in [0.05, 0.1) is 0 Å². The highest BCUT2D eigenvalue weighted by atomic mass is 35.5. The third-order valence-corrected chi connectivity index (χ3v) is 2.33. The second-order valence-corrected chi connectivity index (χ2v) is 3.69. The van der Waals surface area contributed by atoms with Crippen molar-refractivity contribution in [3.8, 4) is 5.75 Å². The van der Waals surface area contributed by atoms with Crippen molar-refractivity contribution >= 4 is 18.4 Å². The number of hydrogen-bond donors (Lipinski definition) is 3. The summed E-state index contributed by atoms with van der Waals surface area (Å²) in [5.41, 5.74) is 6.90. The first-order chi connectivity index (χ1) is 7.47. The van der Waals surface area contributed by atoms with Crippen LogP contribution in [-0.4, -0.2) is 16.2 Å². The van der Waals surface area contributed by atoms with Crippen LogP contribution in [0.4, 0.5) is 0 Å². The van der Waals surface area contributed by atoms with E-state index in [-0.39, 0.29) is 23.7 Å². The first-order valence-electron chi connectivity index (χ1n) is 4.90. The van der Waals surface area contributed by atoms with Crippen LogP contribution in [0, 0.1) is 6.92 Å². The number of phenols is 1. The van der Waals surface area contributed by atoms with Gasteiger partial charge in [-0.15, -0.1) is 19.0 Å². The van der Waals surface area contributed by atoms with Crippen molar-refractivity contribution in [2.75, 3.05) is 0 Å². The lowest BCUT2D eigenvalue weighted by Crippen LogP contribution is -2.11. The molecule has 0 fully saturated rings. The van der Waals surface area contributed by atoms with Gasteiger partial charge in [0.2, 0.25) is 0 Å². The van der Waals surface area contributed by atoms with Crippen LogP contribution in [0.2, 0.25) is 0 Å². The van der Waals surface area contributed by atoms with E-state index in [1.165, 1.54) is 6.07 Å². The van der Waals surface area contributed by atoms with Gasteiger partial charge in [0.15, 0.2) is 0 Å². The zero-order valence-corrected chi connectivity index (χ0v) is 10.3. The normalized spacial score (nSPS) is 11.4. The Morgan fingerprint density at radius 1 is 1.59 bits per heavy atom. The van der Waals surface area contributed by atoms with E-state index < -0.39 is 12.0 Å². The lowest BCUT2D eigenvalue weighted by molar-refractivity contribution is 0.0693. The number of rotatable bonds is 4. The Morgan fingerprint density at radius 2 is 2.18 bits per heavy atom. The van der Waals surface area contributed by atoms with E-state index in [4.69, 9.17) is 10.8 Å². The Bertz CT molecular complexity index is 432. The number of hydrogen-bond acceptors (Lipinski definition) is 3. The Morgan fingerprint density at radius 3 is 2.65 bits per heavy atom. The minimum absolute atomic E-state index is 0. The number of aromatic hydroxyl groups is 1. The molecule has 1 atom stereocenters. The van der Waals surface area contributed by atoms with Crippen molar-refractivity contribution in [3.63, 3.8) is 0 Å². The number of aromatic carboxylic acids is 1. The van der Waals surface area contributed by atoms with Crippen LogP contribution in [0.15, 0.2) is 24.8 Å². The maximum Gasteiger partial charge on any atom is 0.339 e. The highest BCUT2D eigenvalue weighted by molar-refractivity contribution is 5.91. The van der Waals surface area contributed by atoms with Gasteiger partial charge < -0.3 is 15.9 Å². The fraction of sp³-hybridized carbons (Fsp3) is 0.250. The van der Waals surface area contributed by atoms with E-state index >= 15 is 0 Å². The summed E-state index contributed by atoms with van der Waals surface area (Å²) in [5, 5.41) is 18.7. The first kappa shape index (κ1) is 15.5. The summed E-state index contributed by atoms with van der Waals surface area (Å²) in [6.45, 7) is 5.32. The highest BCUT2D eigenvalue weighted by Gasteiger charge is 2.17. The van der Waals surface area contributed by atoms with E-state index in [0.717, 1.165) is 5.56 Å². The molecule has 0 unspecified atom stereocenters. The van der Waals surface area contributed by atoms with Crippen LogP contribution >= 0.6 is 12.4 Å². The van der Waals surface area contributed by atoms with Crippen molar-refractivity contribution in [2.24, 2.45) is 5.73 Å². The van der Waals surface area contributed by atoms with Crippen LogP contribution in [0.25, 0.3) is 0 Å². The summed E-state index contributed by atoms with van der Waals surface area (Å²) < 4.78 is 0. The molecule has 1 aromatic carbocycles. The molecule has 0 amide bonds. The molecule has 4 N–H and O–H groups in total. The standard InChI is InChI=1S/C12H15NO3.ClH/c1-3-4-10(13)8-5-7(2)6-9(11(8)14)12(15)16;/h3,5-6,10,14H,1,4,13H2,2H3,(H,15,16);1H/t10-;/m0./s1. The summed E-state index contributed by atoms with van der Waals surface area (Å²) in [6.07, 6.45) is 2.11. The van der Waals surface area contributed by atoms with Crippen molar-refractivity contribution in [1.29, 1.82) is 0 Å². The van der Waals surface area contributed by atoms with Gasteiger partial charge in [-0.05, 0) is 25.0 Å². The van der Waals surface area contributed by atoms with Crippen molar-refractivity contribution in [1.82, 2.24) is 0 Å². The van der Waals surface area contributed by atoms with E-state index in [1.807, 2.05) is 0 Å². The van der Waals surface area contributed by atoms with Crippen LogP contribution in [-0.2, 0) is 0 Å². The van der Waals surface area contributed by atoms with Crippen molar-refractivity contribution in [2.45, 2.75) is 19.4 Å². The van der Waals surface area contributed by atoms with Gasteiger partial charge in [-0.25, -0.2) is 4.79 Å². The number of carbonyl (C=O) groups is 1. The van der Waals surface area contributed by atoms with Gasteiger partial charge in [0.1, 0.15) is 11.3 Å². The molecule has 1 rings (SSSR count). The summed E-state index contributed by atoms with van der Waals surface area (Å²) in [7, 11) is 0. The number of nitrogens with two attached hydrogens (primary N) is 1. The molecular formula is C12H16ClNO3. The molecule has 0 saturated heterocycles. The van der Waals surface area contributed by atoms with Crippen LogP contribution in [0.3, 0.4) is 0 Å². The highest BCUT2D eigenvalue weighted by Crippen LogP contribution is 2.30. The van der Waals surface area contributed by atoms with E-state index in [2.05, 4.69) is 6.58 Å². The topological polar surface area (TPSA) is 83.6 Å². The molecule has 1 aromatic rings. The maximum atomic E-state index is 10.9. The van der Waals surface area contributed by atoms with Crippen LogP contribution in [0.1, 0.15) is 33.9 Å². The minimum atomic E-state index is -1.16. The number of aryl methyl sites for hydroxylation is 1. The SMILES string of the molecule is C=CC[C@H](N)c1cc(C)cc(C(=O)O)c1O.Cl. The molecule has 5 heteroatoms. The lowest BCUT2D eigenvalue weighted by atomic mass is 9.97. The van der Waals surface area contributed by atoms with Gasteiger partial charge in [-0.1, -0.05) is 12.1 Å². The van der Waals surface area contributed by atoms with E-state index in [9.17, 15) is 9.90 Å². The summed E-state index contributed by atoms with van der Waals surface area (Å²) >= 11 is 0. The van der Waals surface area contributed by atoms with Crippen molar-refractivity contribution < 1.29 is 15.0 Å². The molecule has 0 heterocycles. The molecule has 0 aliphatic heterocycles. The summed E-state index contributed by atoms with van der Waals surface area (Å²) in [4.78, 5) is 10.9. The van der Waals surface area contributed by atoms with Gasteiger partial charge in [0.25, 0.3) is 0 Å². The fourth-order valence-electron chi connectivity index (χ4n) is 1.56. The molecule has 0 aromatic heterocycles. The Kier molecular flexibility index (Phi) is 5.71. The smallest absolute Gasteiger partial charge is 0.339 e. The molecule has 4 nitrogen and oxygen atoms in total. The van der Waals surface area contributed by atoms with E-state index in [1.54, 1.807) is 19.1 Å². The number of carboxylic acids is 1. The quantitative estimate of drug-likeness (QED) is 0.723. The number of halogens is 1. The monoisotopic (exact) mass is 257 g/mol. The third kappa shape index (κ3) is 3.47. The predicted octanol–water partition coefficient (Wildman–Crippen LogP) is 2.40. The first-order valence-corrected chi connectivity index (χ1v) is 4.90. The predicted molar refractivity (Wildman–Crippen MR) is 68.8 cm³/mol. The largest absolute Gasteiger partial charge is 0.507 e. The van der Waals surface area contributed by atoms with Gasteiger partial charge in [-0.3, -0.25) is 0 Å². The van der Waals surface area contributed by atoms with Crippen LogP contribution in [0.5, 0.6) is 5.75 Å². The van der Waals surface area contributed by atoms with Crippen molar-refractivity contribution in [3.05, 3.63) is 41.5 Å². The number of benzene rings is 1. The van der Waals surface area contributed by atoms with Gasteiger partial charge >= 0.3 is 5.97 Å². The average molecular weight is 258 g/mol. The van der Waals surface area contributed by atoms with Gasteiger partial charge in [-0.2, -0.15) is 0 Å². The zero-order valence-electron chi connectivity index (χ0n) is 9.51. The molecule has 0 bridgehead atoms. The molecule has 94 valence electrons.